The van der Waals surface area contributed by atoms with Crippen LogP contribution in [0, 0.1) is 17.2 Å². The number of carbonyl (C=O) groups is 1. The first-order valence-corrected chi connectivity index (χ1v) is 10.5. The summed E-state index contributed by atoms with van der Waals surface area (Å²) in [6, 6.07) is 18.5. The third kappa shape index (κ3) is 3.86. The van der Waals surface area contributed by atoms with E-state index in [2.05, 4.69) is 6.07 Å². The Hall–Kier alpha value is -3.39. The highest BCUT2D eigenvalue weighted by Gasteiger charge is 2.41. The van der Waals surface area contributed by atoms with Crippen LogP contribution in [0.5, 0.6) is 5.75 Å². The molecule has 2 aromatic carbocycles. The van der Waals surface area contributed by atoms with E-state index in [1.807, 2.05) is 74.4 Å². The Balaban J connectivity index is 1.73. The van der Waals surface area contributed by atoms with Crippen molar-refractivity contribution < 1.29 is 9.53 Å². The number of nitrogens with zero attached hydrogens (tertiary/aromatic N) is 3. The number of methoxy groups -OCH3 is 1. The molecule has 0 N–H and O–H groups in total. The van der Waals surface area contributed by atoms with Gasteiger partial charge in [-0.3, -0.25) is 9.79 Å². The number of ether oxygens (including phenoxy) is 1. The van der Waals surface area contributed by atoms with Gasteiger partial charge in [-0.25, -0.2) is 0 Å². The fraction of sp³-hybridized carbons (Fsp3) is 0.346. The molecule has 158 valence electrons. The molecule has 3 atom stereocenters. The number of rotatable bonds is 4. The molecule has 0 fully saturated rings. The van der Waals surface area contributed by atoms with Gasteiger partial charge in [-0.2, -0.15) is 5.26 Å². The van der Waals surface area contributed by atoms with Gasteiger partial charge in [-0.1, -0.05) is 24.3 Å². The molecular weight excluding hydrogens is 386 g/mol. The average Bonchev–Trinajstić information content (AvgIpc) is 2.78. The summed E-state index contributed by atoms with van der Waals surface area (Å²) in [5.41, 5.74) is 5.54. The second-order valence-electron chi connectivity index (χ2n) is 8.49. The smallest absolute Gasteiger partial charge is 0.161 e. The van der Waals surface area contributed by atoms with Crippen LogP contribution in [0.15, 0.2) is 64.8 Å². The number of hydrogen-bond acceptors (Lipinski definition) is 5. The number of aliphatic imine (C=N–C) groups is 1. The van der Waals surface area contributed by atoms with Gasteiger partial charge in [0.1, 0.15) is 5.75 Å². The molecule has 0 bridgehead atoms. The summed E-state index contributed by atoms with van der Waals surface area (Å²) < 4.78 is 5.26. The predicted molar refractivity (Wildman–Crippen MR) is 123 cm³/mol. The summed E-state index contributed by atoms with van der Waals surface area (Å²) in [4.78, 5) is 20.2. The summed E-state index contributed by atoms with van der Waals surface area (Å²) >= 11 is 0. The lowest BCUT2D eigenvalue weighted by Crippen LogP contribution is -2.32. The lowest BCUT2D eigenvalue weighted by molar-refractivity contribution is -0.116. The zero-order valence-corrected chi connectivity index (χ0v) is 18.4. The van der Waals surface area contributed by atoms with Crippen LogP contribution < -0.4 is 9.64 Å². The Kier molecular flexibility index (Phi) is 5.65. The van der Waals surface area contributed by atoms with E-state index in [0.29, 0.717) is 12.8 Å². The van der Waals surface area contributed by atoms with E-state index in [4.69, 9.17) is 9.73 Å². The zero-order valence-electron chi connectivity index (χ0n) is 18.4. The van der Waals surface area contributed by atoms with Gasteiger partial charge in [-0.05, 0) is 54.7 Å². The van der Waals surface area contributed by atoms with Crippen molar-refractivity contribution in [2.75, 3.05) is 26.1 Å². The third-order valence-electron chi connectivity index (χ3n) is 6.38. The molecule has 1 aliphatic carbocycles. The molecule has 0 saturated heterocycles. The Morgan fingerprint density at radius 1 is 1.03 bits per heavy atom. The zero-order chi connectivity index (χ0) is 22.1. The summed E-state index contributed by atoms with van der Waals surface area (Å²) in [6.07, 6.45) is 1.14. The quantitative estimate of drug-likeness (QED) is 0.718. The first kappa shape index (κ1) is 20.9. The van der Waals surface area contributed by atoms with Gasteiger partial charge in [0.05, 0.1) is 19.1 Å². The van der Waals surface area contributed by atoms with Crippen molar-refractivity contribution in [2.45, 2.75) is 31.6 Å². The molecule has 4 rings (SSSR count). The Labute approximate surface area is 183 Å². The molecule has 2 aromatic rings. The van der Waals surface area contributed by atoms with Crippen LogP contribution in [-0.4, -0.2) is 32.7 Å². The first-order chi connectivity index (χ1) is 14.9. The first-order valence-electron chi connectivity index (χ1n) is 10.5. The lowest BCUT2D eigenvalue weighted by atomic mass is 9.69. The summed E-state index contributed by atoms with van der Waals surface area (Å²) in [6.45, 7) is 1.90. The van der Waals surface area contributed by atoms with Crippen molar-refractivity contribution >= 4 is 17.2 Å². The molecule has 0 spiro atoms. The average molecular weight is 414 g/mol. The fourth-order valence-corrected chi connectivity index (χ4v) is 4.68. The van der Waals surface area contributed by atoms with Gasteiger partial charge in [-0.15, -0.1) is 0 Å². The largest absolute Gasteiger partial charge is 0.497 e. The van der Waals surface area contributed by atoms with Crippen LogP contribution >= 0.6 is 0 Å². The van der Waals surface area contributed by atoms with Crippen molar-refractivity contribution in [3.8, 4) is 11.8 Å². The fourth-order valence-electron chi connectivity index (χ4n) is 4.68. The SMILES string of the molecule is COc1ccc([C@H]2CC(=O)C3=C(C2)N=C(C)C(C#N)[C@@H]3c2ccc(N(C)C)cc2)cc1. The van der Waals surface area contributed by atoms with E-state index in [1.54, 1.807) is 7.11 Å². The number of Topliss-reactive ketones (excluding diaryl/α,β-unsaturated/α-hetero) is 1. The van der Waals surface area contributed by atoms with E-state index < -0.39 is 5.92 Å². The van der Waals surface area contributed by atoms with Crippen LogP contribution in [0.2, 0.25) is 0 Å². The maximum absolute atomic E-state index is 13.4. The summed E-state index contributed by atoms with van der Waals surface area (Å²) in [5.74, 6) is 0.295. The van der Waals surface area contributed by atoms with Gasteiger partial charge < -0.3 is 9.64 Å². The molecule has 1 heterocycles. The maximum Gasteiger partial charge on any atom is 0.161 e. The monoisotopic (exact) mass is 413 g/mol. The van der Waals surface area contributed by atoms with E-state index in [9.17, 15) is 10.1 Å². The molecule has 0 amide bonds. The lowest BCUT2D eigenvalue weighted by Gasteiger charge is -2.35. The van der Waals surface area contributed by atoms with Gasteiger partial charge in [0.25, 0.3) is 0 Å². The molecule has 0 radical (unpaired) electrons. The van der Waals surface area contributed by atoms with Crippen LogP contribution in [-0.2, 0) is 4.79 Å². The Bertz CT molecular complexity index is 1090. The predicted octanol–water partition coefficient (Wildman–Crippen LogP) is 4.86. The van der Waals surface area contributed by atoms with E-state index in [1.165, 1.54) is 0 Å². The molecule has 5 nitrogen and oxygen atoms in total. The number of anilines is 1. The highest BCUT2D eigenvalue weighted by Crippen LogP contribution is 2.46. The minimum Gasteiger partial charge on any atom is -0.497 e. The van der Waals surface area contributed by atoms with Gasteiger partial charge >= 0.3 is 0 Å². The van der Waals surface area contributed by atoms with Crippen molar-refractivity contribution in [1.82, 2.24) is 0 Å². The topological polar surface area (TPSA) is 65.7 Å². The molecular formula is C26H27N3O2. The van der Waals surface area contributed by atoms with Crippen molar-refractivity contribution in [3.05, 3.63) is 70.9 Å². The molecule has 1 aliphatic heterocycles. The third-order valence-corrected chi connectivity index (χ3v) is 6.38. The van der Waals surface area contributed by atoms with Gasteiger partial charge in [0.15, 0.2) is 5.78 Å². The van der Waals surface area contributed by atoms with Crippen molar-refractivity contribution in [2.24, 2.45) is 10.9 Å². The van der Waals surface area contributed by atoms with Crippen LogP contribution in [0.1, 0.15) is 42.7 Å². The minimum absolute atomic E-state index is 0.0871. The van der Waals surface area contributed by atoms with Gasteiger partial charge in [0, 0.05) is 49.1 Å². The van der Waals surface area contributed by atoms with Crippen molar-refractivity contribution in [3.63, 3.8) is 0 Å². The highest BCUT2D eigenvalue weighted by molar-refractivity contribution is 6.03. The van der Waals surface area contributed by atoms with E-state index in [-0.39, 0.29) is 17.6 Å². The Morgan fingerprint density at radius 2 is 1.68 bits per heavy atom. The van der Waals surface area contributed by atoms with Crippen LogP contribution in [0.25, 0.3) is 0 Å². The molecule has 1 unspecified atom stereocenters. The standard InChI is InChI=1S/C26H27N3O2/c1-16-22(15-27)25(18-5-9-20(10-6-18)29(2)3)26-23(28-16)13-19(14-24(26)30)17-7-11-21(31-4)12-8-17/h5-12,19,22,25H,13-14H2,1-4H3/t19-,22?,25+/m1/s1. The summed E-state index contributed by atoms with van der Waals surface area (Å²) in [5, 5.41) is 9.91. The molecule has 31 heavy (non-hydrogen) atoms. The normalized spacial score (nSPS) is 23.0. The number of allylic oxidation sites excluding steroid dienone is 2. The Morgan fingerprint density at radius 3 is 2.26 bits per heavy atom. The molecule has 2 aliphatic rings. The van der Waals surface area contributed by atoms with E-state index in [0.717, 1.165) is 39.5 Å². The van der Waals surface area contributed by atoms with E-state index >= 15 is 0 Å². The maximum atomic E-state index is 13.4. The number of nitriles is 1. The molecule has 0 saturated carbocycles. The number of hydrogen-bond donors (Lipinski definition) is 0. The van der Waals surface area contributed by atoms with Crippen LogP contribution in [0.3, 0.4) is 0 Å². The molecule has 5 heteroatoms. The van der Waals surface area contributed by atoms with Crippen molar-refractivity contribution in [1.29, 1.82) is 5.26 Å². The number of benzene rings is 2. The highest BCUT2D eigenvalue weighted by atomic mass is 16.5. The van der Waals surface area contributed by atoms with Crippen LogP contribution in [0.4, 0.5) is 5.69 Å². The number of ketones is 1. The number of carbonyl (C=O) groups excluding carboxylic acids is 1. The minimum atomic E-state index is -0.426. The second kappa shape index (κ2) is 8.39. The second-order valence-corrected chi connectivity index (χ2v) is 8.49. The summed E-state index contributed by atoms with van der Waals surface area (Å²) in [7, 11) is 5.64. The van der Waals surface area contributed by atoms with Gasteiger partial charge in [0.2, 0.25) is 0 Å². The molecule has 0 aromatic heterocycles.